The van der Waals surface area contributed by atoms with Crippen LogP contribution in [-0.4, -0.2) is 61.1 Å². The van der Waals surface area contributed by atoms with Gasteiger partial charge in [0.25, 0.3) is 0 Å². The van der Waals surface area contributed by atoms with Gasteiger partial charge in [-0.05, 0) is 50.2 Å². The Hall–Kier alpha value is -1.10. The second-order valence-electron chi connectivity index (χ2n) is 8.12. The molecule has 2 fully saturated rings. The zero-order valence-electron chi connectivity index (χ0n) is 16.7. The summed E-state index contributed by atoms with van der Waals surface area (Å²) in [6, 6.07) is 7.01. The van der Waals surface area contributed by atoms with E-state index in [4.69, 9.17) is 16.3 Å². The van der Waals surface area contributed by atoms with Crippen LogP contribution in [0, 0.1) is 11.8 Å². The molecule has 2 heterocycles. The van der Waals surface area contributed by atoms with E-state index in [1.54, 1.807) is 24.3 Å². The number of likely N-dealkylation sites (tertiary alicyclic amines) is 2. The Morgan fingerprint density at radius 1 is 0.963 bits per heavy atom. The molecule has 0 spiro atoms. The summed E-state index contributed by atoms with van der Waals surface area (Å²) in [5.41, 5.74) is 0.591. The summed E-state index contributed by atoms with van der Waals surface area (Å²) in [5, 5.41) is 0.638. The fourth-order valence-corrected chi connectivity index (χ4v) is 4.62. The van der Waals surface area contributed by atoms with E-state index in [-0.39, 0.29) is 12.1 Å². The van der Waals surface area contributed by atoms with Crippen molar-refractivity contribution in [1.29, 1.82) is 0 Å². The molecule has 0 atom stereocenters. The molecule has 3 rings (SSSR count). The SMILES string of the molecule is CCCCN1CC2CN(CCCC)CC(C1)C2OC(=O)c1ccc(Cl)cc1. The highest BCUT2D eigenvalue weighted by Gasteiger charge is 2.44. The largest absolute Gasteiger partial charge is 0.458 e. The molecular weight excluding hydrogens is 360 g/mol. The number of nitrogens with zero attached hydrogens (tertiary/aromatic N) is 2. The molecular formula is C22H33ClN2O2. The highest BCUT2D eigenvalue weighted by atomic mass is 35.5. The average molecular weight is 393 g/mol. The third-order valence-electron chi connectivity index (χ3n) is 5.88. The van der Waals surface area contributed by atoms with E-state index in [9.17, 15) is 4.79 Å². The van der Waals surface area contributed by atoms with Crippen LogP contribution < -0.4 is 0 Å². The van der Waals surface area contributed by atoms with E-state index < -0.39 is 0 Å². The number of carbonyl (C=O) groups excluding carboxylic acids is 1. The lowest BCUT2D eigenvalue weighted by Crippen LogP contribution is -2.61. The van der Waals surface area contributed by atoms with E-state index >= 15 is 0 Å². The van der Waals surface area contributed by atoms with Crippen molar-refractivity contribution in [2.45, 2.75) is 45.6 Å². The van der Waals surface area contributed by atoms with Crippen LogP contribution in [0.2, 0.25) is 5.02 Å². The van der Waals surface area contributed by atoms with Gasteiger partial charge in [-0.2, -0.15) is 0 Å². The molecule has 4 nitrogen and oxygen atoms in total. The molecule has 0 amide bonds. The van der Waals surface area contributed by atoms with Crippen LogP contribution >= 0.6 is 11.6 Å². The molecule has 2 aliphatic heterocycles. The lowest BCUT2D eigenvalue weighted by Gasteiger charge is -2.50. The maximum atomic E-state index is 12.7. The van der Waals surface area contributed by atoms with Crippen molar-refractivity contribution >= 4 is 17.6 Å². The number of unbranched alkanes of at least 4 members (excludes halogenated alkanes) is 2. The first-order chi connectivity index (χ1) is 13.1. The molecule has 0 saturated carbocycles. The number of fused-ring (bicyclic) bond motifs is 2. The smallest absolute Gasteiger partial charge is 0.338 e. The maximum absolute atomic E-state index is 12.7. The lowest BCUT2D eigenvalue weighted by atomic mass is 9.81. The number of benzene rings is 1. The quantitative estimate of drug-likeness (QED) is 0.616. The van der Waals surface area contributed by atoms with Gasteiger partial charge in [-0.15, -0.1) is 0 Å². The lowest BCUT2D eigenvalue weighted by molar-refractivity contribution is -0.0889. The van der Waals surface area contributed by atoms with Gasteiger partial charge in [0.05, 0.1) is 5.56 Å². The maximum Gasteiger partial charge on any atom is 0.338 e. The van der Waals surface area contributed by atoms with Gasteiger partial charge in [0.15, 0.2) is 0 Å². The van der Waals surface area contributed by atoms with Gasteiger partial charge in [-0.1, -0.05) is 38.3 Å². The Morgan fingerprint density at radius 3 is 1.89 bits per heavy atom. The first-order valence-electron chi connectivity index (χ1n) is 10.5. The molecule has 0 aliphatic carbocycles. The number of hydrogen-bond acceptors (Lipinski definition) is 4. The average Bonchev–Trinajstić information content (AvgIpc) is 2.65. The summed E-state index contributed by atoms with van der Waals surface area (Å²) >= 11 is 5.94. The standard InChI is InChI=1S/C22H33ClN2O2/c1-3-5-11-24-13-18-15-25(12-6-4-2)16-19(14-24)21(18)27-22(26)17-7-9-20(23)10-8-17/h7-10,18-19,21H,3-6,11-16H2,1-2H3. The number of halogens is 1. The van der Waals surface area contributed by atoms with Crippen molar-refractivity contribution < 1.29 is 9.53 Å². The first-order valence-corrected chi connectivity index (χ1v) is 10.9. The van der Waals surface area contributed by atoms with Gasteiger partial charge in [-0.25, -0.2) is 4.79 Å². The van der Waals surface area contributed by atoms with E-state index in [0.29, 0.717) is 22.4 Å². The van der Waals surface area contributed by atoms with E-state index in [0.717, 1.165) is 39.3 Å². The van der Waals surface area contributed by atoms with Crippen molar-refractivity contribution in [3.8, 4) is 0 Å². The van der Waals surface area contributed by atoms with Crippen LogP contribution in [0.5, 0.6) is 0 Å². The number of ether oxygens (including phenoxy) is 1. The Bertz CT molecular complexity index is 571. The van der Waals surface area contributed by atoms with Crippen molar-refractivity contribution in [3.63, 3.8) is 0 Å². The summed E-state index contributed by atoms with van der Waals surface area (Å²) in [5.74, 6) is 0.598. The van der Waals surface area contributed by atoms with Gasteiger partial charge < -0.3 is 14.5 Å². The second-order valence-corrected chi connectivity index (χ2v) is 8.56. The Morgan fingerprint density at radius 2 is 1.44 bits per heavy atom. The second kappa shape index (κ2) is 9.90. The summed E-state index contributed by atoms with van der Waals surface area (Å²) in [4.78, 5) is 17.8. The molecule has 1 aromatic carbocycles. The minimum absolute atomic E-state index is 0.0314. The molecule has 0 aromatic heterocycles. The zero-order chi connectivity index (χ0) is 19.2. The third kappa shape index (κ3) is 5.46. The normalized spacial score (nSPS) is 26.1. The van der Waals surface area contributed by atoms with Gasteiger partial charge in [0, 0.05) is 43.0 Å². The number of esters is 1. The number of hydrogen-bond donors (Lipinski definition) is 0. The monoisotopic (exact) mass is 392 g/mol. The van der Waals surface area contributed by atoms with Crippen LogP contribution in [0.1, 0.15) is 49.9 Å². The van der Waals surface area contributed by atoms with Gasteiger partial charge >= 0.3 is 5.97 Å². The Balaban J connectivity index is 1.66. The highest BCUT2D eigenvalue weighted by Crippen LogP contribution is 2.32. The molecule has 2 aliphatic rings. The molecule has 2 saturated heterocycles. The Kier molecular flexibility index (Phi) is 7.57. The summed E-state index contributed by atoms with van der Waals surface area (Å²) in [6.07, 6.45) is 4.97. The minimum atomic E-state index is -0.212. The third-order valence-corrected chi connectivity index (χ3v) is 6.13. The molecule has 0 radical (unpaired) electrons. The van der Waals surface area contributed by atoms with E-state index in [1.165, 1.54) is 25.7 Å². The molecule has 2 bridgehead atoms. The number of piperidine rings is 2. The topological polar surface area (TPSA) is 32.8 Å². The predicted octanol–water partition coefficient (Wildman–Crippen LogP) is 4.33. The van der Waals surface area contributed by atoms with E-state index in [2.05, 4.69) is 23.6 Å². The molecule has 1 aromatic rings. The van der Waals surface area contributed by atoms with Gasteiger partial charge in [-0.3, -0.25) is 0 Å². The number of carbonyl (C=O) groups is 1. The molecule has 27 heavy (non-hydrogen) atoms. The molecule has 150 valence electrons. The fourth-order valence-electron chi connectivity index (χ4n) is 4.49. The van der Waals surface area contributed by atoms with E-state index in [1.807, 2.05) is 0 Å². The van der Waals surface area contributed by atoms with Crippen LogP contribution in [0.4, 0.5) is 0 Å². The number of rotatable bonds is 8. The zero-order valence-corrected chi connectivity index (χ0v) is 17.5. The van der Waals surface area contributed by atoms with Crippen LogP contribution in [-0.2, 0) is 4.74 Å². The molecule has 5 heteroatoms. The van der Waals surface area contributed by atoms with Gasteiger partial charge in [0.1, 0.15) is 6.10 Å². The van der Waals surface area contributed by atoms with Crippen LogP contribution in [0.25, 0.3) is 0 Å². The summed E-state index contributed by atoms with van der Waals surface area (Å²) in [6.45, 7) is 11.0. The Labute approximate surface area is 168 Å². The first kappa shape index (κ1) is 20.6. The minimum Gasteiger partial charge on any atom is -0.458 e. The summed E-state index contributed by atoms with van der Waals surface area (Å²) in [7, 11) is 0. The summed E-state index contributed by atoms with van der Waals surface area (Å²) < 4.78 is 6.05. The highest BCUT2D eigenvalue weighted by molar-refractivity contribution is 6.30. The van der Waals surface area contributed by atoms with Crippen LogP contribution in [0.3, 0.4) is 0 Å². The van der Waals surface area contributed by atoms with Crippen LogP contribution in [0.15, 0.2) is 24.3 Å². The fraction of sp³-hybridized carbons (Fsp3) is 0.682. The van der Waals surface area contributed by atoms with Crippen molar-refractivity contribution in [3.05, 3.63) is 34.9 Å². The van der Waals surface area contributed by atoms with Crippen molar-refractivity contribution in [2.75, 3.05) is 39.3 Å². The van der Waals surface area contributed by atoms with Gasteiger partial charge in [0.2, 0.25) is 0 Å². The predicted molar refractivity (Wildman–Crippen MR) is 110 cm³/mol. The molecule has 0 unspecified atom stereocenters. The molecule has 0 N–H and O–H groups in total. The van der Waals surface area contributed by atoms with Crippen molar-refractivity contribution in [1.82, 2.24) is 9.80 Å². The van der Waals surface area contributed by atoms with Crippen molar-refractivity contribution in [2.24, 2.45) is 11.8 Å².